The molecule has 2 aromatic rings. The van der Waals surface area contributed by atoms with Gasteiger partial charge in [-0.1, -0.05) is 47.5 Å². The van der Waals surface area contributed by atoms with Gasteiger partial charge in [0.05, 0.1) is 11.0 Å². The zero-order chi connectivity index (χ0) is 17.0. The van der Waals surface area contributed by atoms with Crippen LogP contribution in [-0.2, 0) is 14.8 Å². The van der Waals surface area contributed by atoms with E-state index in [1.807, 2.05) is 31.2 Å². The number of halogens is 1. The molecule has 0 amide bonds. The molecule has 0 aliphatic carbocycles. The summed E-state index contributed by atoms with van der Waals surface area (Å²) in [5.74, 6) is 0. The minimum Gasteiger partial charge on any atom is -0.375 e. The van der Waals surface area contributed by atoms with Crippen molar-refractivity contribution < 1.29 is 13.2 Å². The lowest BCUT2D eigenvalue weighted by Crippen LogP contribution is -2.30. The molecule has 0 spiro atoms. The van der Waals surface area contributed by atoms with Gasteiger partial charge in [0.15, 0.2) is 0 Å². The lowest BCUT2D eigenvalue weighted by molar-refractivity contribution is 0.107. The van der Waals surface area contributed by atoms with Crippen LogP contribution in [0, 0.1) is 13.8 Å². The van der Waals surface area contributed by atoms with Crippen LogP contribution in [0.1, 0.15) is 22.8 Å². The fourth-order valence-electron chi connectivity index (χ4n) is 2.42. The van der Waals surface area contributed by atoms with E-state index in [4.69, 9.17) is 16.3 Å². The molecule has 4 nitrogen and oxygen atoms in total. The highest BCUT2D eigenvalue weighted by atomic mass is 35.5. The second-order valence-corrected chi connectivity index (χ2v) is 7.51. The number of methoxy groups -OCH3 is 1. The number of hydrogen-bond donors (Lipinski definition) is 1. The van der Waals surface area contributed by atoms with E-state index in [2.05, 4.69) is 4.72 Å². The van der Waals surface area contributed by atoms with E-state index in [9.17, 15) is 8.42 Å². The van der Waals surface area contributed by atoms with Gasteiger partial charge in [-0.3, -0.25) is 0 Å². The largest absolute Gasteiger partial charge is 0.375 e. The molecule has 0 aromatic heterocycles. The van der Waals surface area contributed by atoms with Crippen molar-refractivity contribution in [1.29, 1.82) is 0 Å². The Morgan fingerprint density at radius 3 is 2.48 bits per heavy atom. The van der Waals surface area contributed by atoms with E-state index in [1.54, 1.807) is 25.1 Å². The summed E-state index contributed by atoms with van der Waals surface area (Å²) in [5, 5.41) is 0.546. The summed E-state index contributed by atoms with van der Waals surface area (Å²) in [5.41, 5.74) is 2.48. The van der Waals surface area contributed by atoms with E-state index in [1.165, 1.54) is 7.11 Å². The van der Waals surface area contributed by atoms with Crippen molar-refractivity contribution >= 4 is 21.6 Å². The summed E-state index contributed by atoms with van der Waals surface area (Å²) in [6.07, 6.45) is -0.454. The van der Waals surface area contributed by atoms with Gasteiger partial charge in [-0.2, -0.15) is 0 Å². The lowest BCUT2D eigenvalue weighted by atomic mass is 10.1. The molecular formula is C17H20ClNO3S. The monoisotopic (exact) mass is 353 g/mol. The summed E-state index contributed by atoms with van der Waals surface area (Å²) >= 11 is 6.15. The molecule has 0 fully saturated rings. The Bertz CT molecular complexity index is 790. The van der Waals surface area contributed by atoms with Crippen LogP contribution in [0.25, 0.3) is 0 Å². The number of ether oxygens (including phenoxy) is 1. The first kappa shape index (κ1) is 17.9. The van der Waals surface area contributed by atoms with Crippen molar-refractivity contribution in [1.82, 2.24) is 4.72 Å². The van der Waals surface area contributed by atoms with Gasteiger partial charge in [-0.05, 0) is 31.5 Å². The number of nitrogens with one attached hydrogen (secondary N) is 1. The molecular weight excluding hydrogens is 334 g/mol. The average Bonchev–Trinajstić information content (AvgIpc) is 2.49. The van der Waals surface area contributed by atoms with Crippen LogP contribution in [0.2, 0.25) is 5.02 Å². The Hall–Kier alpha value is -1.40. The summed E-state index contributed by atoms with van der Waals surface area (Å²) in [4.78, 5) is 0.275. The fourth-order valence-corrected chi connectivity index (χ4v) is 3.93. The maximum atomic E-state index is 12.5. The number of sulfonamides is 1. The molecule has 1 N–H and O–H groups in total. The van der Waals surface area contributed by atoms with Crippen LogP contribution < -0.4 is 4.72 Å². The minimum atomic E-state index is -3.61. The molecule has 0 heterocycles. The summed E-state index contributed by atoms with van der Waals surface area (Å²) in [7, 11) is -2.08. The standard InChI is InChI=1S/C17H20ClNO3S/c1-12-8-9-17(13(2)10-12)23(20,21)19-11-16(22-3)14-6-4-5-7-15(14)18/h4-10,16,19H,11H2,1-3H3/t16-/m1/s1. The Morgan fingerprint density at radius 2 is 1.87 bits per heavy atom. The Kier molecular flexibility index (Phi) is 5.81. The topological polar surface area (TPSA) is 55.4 Å². The smallest absolute Gasteiger partial charge is 0.240 e. The average molecular weight is 354 g/mol. The third-order valence-corrected chi connectivity index (χ3v) is 5.54. The molecule has 0 saturated heterocycles. The molecule has 0 aliphatic rings. The van der Waals surface area contributed by atoms with Gasteiger partial charge in [0, 0.05) is 24.2 Å². The van der Waals surface area contributed by atoms with Gasteiger partial charge >= 0.3 is 0 Å². The van der Waals surface area contributed by atoms with Crippen molar-refractivity contribution in [3.63, 3.8) is 0 Å². The maximum Gasteiger partial charge on any atom is 0.240 e. The molecule has 0 saturated carbocycles. The van der Waals surface area contributed by atoms with Crippen LogP contribution in [0.4, 0.5) is 0 Å². The number of rotatable bonds is 6. The summed E-state index contributed by atoms with van der Waals surface area (Å²) < 4.78 is 33.0. The second kappa shape index (κ2) is 7.45. The molecule has 23 heavy (non-hydrogen) atoms. The molecule has 0 aliphatic heterocycles. The van der Waals surface area contributed by atoms with Crippen molar-refractivity contribution in [2.24, 2.45) is 0 Å². The number of aryl methyl sites for hydroxylation is 2. The summed E-state index contributed by atoms with van der Waals surface area (Å²) in [6.45, 7) is 3.81. The molecule has 6 heteroatoms. The second-order valence-electron chi connectivity index (χ2n) is 5.37. The van der Waals surface area contributed by atoms with Crippen LogP contribution in [0.3, 0.4) is 0 Å². The highest BCUT2D eigenvalue weighted by Gasteiger charge is 2.20. The third kappa shape index (κ3) is 4.32. The SMILES string of the molecule is CO[C@H](CNS(=O)(=O)c1ccc(C)cc1C)c1ccccc1Cl. The van der Waals surface area contributed by atoms with E-state index in [0.717, 1.165) is 11.1 Å². The molecule has 0 radical (unpaired) electrons. The normalized spacial score (nSPS) is 13.0. The van der Waals surface area contributed by atoms with Crippen molar-refractivity contribution in [2.45, 2.75) is 24.8 Å². The quantitative estimate of drug-likeness (QED) is 0.862. The van der Waals surface area contributed by atoms with Gasteiger partial charge in [-0.15, -0.1) is 0 Å². The fraction of sp³-hybridized carbons (Fsp3) is 0.294. The zero-order valence-electron chi connectivity index (χ0n) is 13.3. The van der Waals surface area contributed by atoms with Crippen LogP contribution in [-0.4, -0.2) is 22.1 Å². The Labute approximate surface area is 142 Å². The van der Waals surface area contributed by atoms with Crippen LogP contribution in [0.5, 0.6) is 0 Å². The Balaban J connectivity index is 2.19. The zero-order valence-corrected chi connectivity index (χ0v) is 14.9. The Morgan fingerprint density at radius 1 is 1.17 bits per heavy atom. The molecule has 2 aromatic carbocycles. The maximum absolute atomic E-state index is 12.5. The van der Waals surface area contributed by atoms with Crippen molar-refractivity contribution in [2.75, 3.05) is 13.7 Å². The molecule has 124 valence electrons. The molecule has 2 rings (SSSR count). The minimum absolute atomic E-state index is 0.107. The highest BCUT2D eigenvalue weighted by molar-refractivity contribution is 7.89. The van der Waals surface area contributed by atoms with Crippen LogP contribution in [0.15, 0.2) is 47.4 Å². The number of benzene rings is 2. The molecule has 0 bridgehead atoms. The predicted octanol–water partition coefficient (Wildman–Crippen LogP) is 3.62. The third-order valence-electron chi connectivity index (χ3n) is 3.62. The predicted molar refractivity (Wildman–Crippen MR) is 92.3 cm³/mol. The lowest BCUT2D eigenvalue weighted by Gasteiger charge is -2.18. The summed E-state index contributed by atoms with van der Waals surface area (Å²) in [6, 6.07) is 12.5. The van der Waals surface area contributed by atoms with Crippen molar-refractivity contribution in [3.8, 4) is 0 Å². The van der Waals surface area contributed by atoms with Crippen molar-refractivity contribution in [3.05, 3.63) is 64.2 Å². The molecule has 1 atom stereocenters. The highest BCUT2D eigenvalue weighted by Crippen LogP contribution is 2.25. The number of hydrogen-bond acceptors (Lipinski definition) is 3. The van der Waals surface area contributed by atoms with E-state index in [-0.39, 0.29) is 11.4 Å². The first-order valence-corrected chi connectivity index (χ1v) is 9.05. The van der Waals surface area contributed by atoms with Gasteiger partial charge in [0.25, 0.3) is 0 Å². The van der Waals surface area contributed by atoms with E-state index in [0.29, 0.717) is 10.6 Å². The first-order valence-electron chi connectivity index (χ1n) is 7.19. The first-order chi connectivity index (χ1) is 10.8. The van der Waals surface area contributed by atoms with Gasteiger partial charge in [-0.25, -0.2) is 13.1 Å². The van der Waals surface area contributed by atoms with Gasteiger partial charge in [0.1, 0.15) is 0 Å². The van der Waals surface area contributed by atoms with E-state index >= 15 is 0 Å². The van der Waals surface area contributed by atoms with Gasteiger partial charge < -0.3 is 4.74 Å². The van der Waals surface area contributed by atoms with E-state index < -0.39 is 16.1 Å². The van der Waals surface area contributed by atoms with Crippen LogP contribution >= 0.6 is 11.6 Å². The van der Waals surface area contributed by atoms with Gasteiger partial charge in [0.2, 0.25) is 10.0 Å². The molecule has 0 unspecified atom stereocenters.